The molecule has 1 aliphatic rings. The molecule has 0 spiro atoms. The van der Waals surface area contributed by atoms with Crippen LogP contribution in [0.1, 0.15) is 13.3 Å². The molecule has 2 aromatic carbocycles. The third-order valence-electron chi connectivity index (χ3n) is 4.06. The first-order chi connectivity index (χ1) is 12.2. The lowest BCUT2D eigenvalue weighted by molar-refractivity contribution is -0.140. The summed E-state index contributed by atoms with van der Waals surface area (Å²) in [4.78, 5) is 16.6. The van der Waals surface area contributed by atoms with Crippen LogP contribution in [-0.2, 0) is 9.53 Å². The van der Waals surface area contributed by atoms with Gasteiger partial charge in [-0.25, -0.2) is 4.98 Å². The molecule has 0 bridgehead atoms. The topological polar surface area (TPSA) is 52.3 Å². The molecule has 126 valence electrons. The van der Waals surface area contributed by atoms with E-state index in [0.717, 1.165) is 16.8 Å². The number of benzene rings is 2. The lowest BCUT2D eigenvalue weighted by Gasteiger charge is -2.01. The van der Waals surface area contributed by atoms with Crippen LogP contribution in [0, 0.1) is 0 Å². The highest BCUT2D eigenvalue weighted by molar-refractivity contribution is 8.00. The number of oxazole rings is 1. The van der Waals surface area contributed by atoms with Gasteiger partial charge in [0.1, 0.15) is 17.0 Å². The van der Waals surface area contributed by atoms with Gasteiger partial charge in [-0.15, -0.1) is 0 Å². The van der Waals surface area contributed by atoms with E-state index >= 15 is 0 Å². The molecular formula is C20H17NO3S. The molecule has 0 unspecified atom stereocenters. The van der Waals surface area contributed by atoms with Gasteiger partial charge in [-0.3, -0.25) is 4.79 Å². The fraction of sp³-hybridized carbons (Fsp3) is 0.200. The minimum absolute atomic E-state index is 0.0536. The predicted octanol–water partition coefficient (Wildman–Crippen LogP) is 4.80. The summed E-state index contributed by atoms with van der Waals surface area (Å²) in [7, 11) is 0. The Kier molecular flexibility index (Phi) is 4.32. The highest BCUT2D eigenvalue weighted by Gasteiger charge is 2.34. The second kappa shape index (κ2) is 6.76. The number of hydrogen-bond acceptors (Lipinski definition) is 5. The van der Waals surface area contributed by atoms with Crippen LogP contribution in [-0.4, -0.2) is 22.3 Å². The molecule has 0 radical (unpaired) electrons. The summed E-state index contributed by atoms with van der Waals surface area (Å²) in [5, 5.41) is 0.231. The number of rotatable bonds is 4. The van der Waals surface area contributed by atoms with E-state index in [1.807, 2.05) is 67.6 Å². The summed E-state index contributed by atoms with van der Waals surface area (Å²) in [6.07, 6.45) is 0.620. The van der Waals surface area contributed by atoms with Crippen LogP contribution in [0.4, 0.5) is 0 Å². The van der Waals surface area contributed by atoms with E-state index in [9.17, 15) is 4.79 Å². The molecular weight excluding hydrogens is 334 g/mol. The van der Waals surface area contributed by atoms with Crippen LogP contribution >= 0.6 is 11.8 Å². The summed E-state index contributed by atoms with van der Waals surface area (Å²) in [6.45, 7) is 1.90. The lowest BCUT2D eigenvalue weighted by Crippen LogP contribution is -2.09. The number of cyclic esters (lactones) is 1. The van der Waals surface area contributed by atoms with Crippen molar-refractivity contribution in [3.05, 3.63) is 60.7 Å². The molecule has 3 aromatic rings. The summed E-state index contributed by atoms with van der Waals surface area (Å²) < 4.78 is 11.3. The van der Waals surface area contributed by atoms with Gasteiger partial charge in [-0.05, 0) is 6.92 Å². The second-order valence-electron chi connectivity index (χ2n) is 5.98. The molecule has 0 saturated carbocycles. The number of thioether (sulfide) groups is 1. The van der Waals surface area contributed by atoms with Crippen molar-refractivity contribution in [3.63, 3.8) is 0 Å². The summed E-state index contributed by atoms with van der Waals surface area (Å²) in [6, 6.07) is 19.8. The predicted molar refractivity (Wildman–Crippen MR) is 97.2 cm³/mol. The van der Waals surface area contributed by atoms with E-state index in [1.165, 1.54) is 11.8 Å². The van der Waals surface area contributed by atoms with Gasteiger partial charge in [0, 0.05) is 17.5 Å². The zero-order valence-corrected chi connectivity index (χ0v) is 14.5. The van der Waals surface area contributed by atoms with Gasteiger partial charge >= 0.3 is 5.97 Å². The fourth-order valence-electron chi connectivity index (χ4n) is 2.87. The molecule has 1 aromatic heterocycles. The standard InChI is InChI=1S/C20H17NO3S/c1-13-12-16(19(22)23-13)25-20-21-17(14-8-4-2-5-9-14)18(24-20)15-10-6-3-7-11-15/h2-11,13,16H,12H2,1H3/t13-,16-/m1/s1. The molecule has 5 heteroatoms. The largest absolute Gasteiger partial charge is 0.462 e. The van der Waals surface area contributed by atoms with Gasteiger partial charge in [-0.2, -0.15) is 0 Å². The van der Waals surface area contributed by atoms with Gasteiger partial charge in [0.05, 0.1) is 0 Å². The molecule has 0 N–H and O–H groups in total. The molecule has 4 nitrogen and oxygen atoms in total. The summed E-state index contributed by atoms with van der Waals surface area (Å²) in [5.74, 6) is 0.520. The van der Waals surface area contributed by atoms with Crippen LogP contribution in [0.15, 0.2) is 70.3 Å². The molecule has 1 saturated heterocycles. The first-order valence-electron chi connectivity index (χ1n) is 8.19. The average Bonchev–Trinajstić information content (AvgIpc) is 3.20. The maximum absolute atomic E-state index is 11.9. The van der Waals surface area contributed by atoms with Crippen molar-refractivity contribution in [1.82, 2.24) is 4.98 Å². The Morgan fingerprint density at radius 3 is 2.24 bits per heavy atom. The van der Waals surface area contributed by atoms with E-state index in [4.69, 9.17) is 9.15 Å². The summed E-state index contributed by atoms with van der Waals surface area (Å²) in [5.41, 5.74) is 2.73. The SMILES string of the molecule is C[C@@H]1C[C@@H](Sc2nc(-c3ccccc3)c(-c3ccccc3)o2)C(=O)O1. The molecule has 0 aliphatic carbocycles. The zero-order valence-electron chi connectivity index (χ0n) is 13.7. The number of esters is 1. The Hall–Kier alpha value is -2.53. The van der Waals surface area contributed by atoms with Crippen LogP contribution < -0.4 is 0 Å². The molecule has 1 aliphatic heterocycles. The van der Waals surface area contributed by atoms with Gasteiger partial charge in [0.25, 0.3) is 5.22 Å². The van der Waals surface area contributed by atoms with Crippen LogP contribution in [0.5, 0.6) is 0 Å². The lowest BCUT2D eigenvalue weighted by atomic mass is 10.1. The smallest absolute Gasteiger partial charge is 0.320 e. The van der Waals surface area contributed by atoms with Gasteiger partial charge in [0.2, 0.25) is 0 Å². The Labute approximate surface area is 150 Å². The molecule has 0 amide bonds. The third-order valence-corrected chi connectivity index (χ3v) is 5.11. The normalized spacial score (nSPS) is 19.8. The van der Waals surface area contributed by atoms with E-state index in [1.54, 1.807) is 0 Å². The first kappa shape index (κ1) is 16.0. The Balaban J connectivity index is 1.72. The van der Waals surface area contributed by atoms with Crippen LogP contribution in [0.25, 0.3) is 22.6 Å². The fourth-order valence-corrected chi connectivity index (χ4v) is 3.90. The highest BCUT2D eigenvalue weighted by atomic mass is 32.2. The van der Waals surface area contributed by atoms with E-state index in [-0.39, 0.29) is 17.3 Å². The van der Waals surface area contributed by atoms with E-state index in [0.29, 0.717) is 17.4 Å². The Bertz CT molecular complexity index is 819. The summed E-state index contributed by atoms with van der Waals surface area (Å²) >= 11 is 1.34. The minimum Gasteiger partial charge on any atom is -0.462 e. The Morgan fingerprint density at radius 1 is 1.00 bits per heavy atom. The number of aromatic nitrogens is 1. The average molecular weight is 351 g/mol. The van der Waals surface area contributed by atoms with Crippen molar-refractivity contribution >= 4 is 17.7 Å². The van der Waals surface area contributed by atoms with Crippen LogP contribution in [0.2, 0.25) is 0 Å². The highest BCUT2D eigenvalue weighted by Crippen LogP contribution is 2.38. The third kappa shape index (κ3) is 3.33. The van der Waals surface area contributed by atoms with Crippen LogP contribution in [0.3, 0.4) is 0 Å². The Morgan fingerprint density at radius 2 is 1.64 bits per heavy atom. The number of hydrogen-bond donors (Lipinski definition) is 0. The number of ether oxygens (including phenoxy) is 1. The number of nitrogens with zero attached hydrogens (tertiary/aromatic N) is 1. The second-order valence-corrected chi connectivity index (χ2v) is 7.13. The molecule has 2 heterocycles. The monoisotopic (exact) mass is 351 g/mol. The number of carbonyl (C=O) groups is 1. The van der Waals surface area contributed by atoms with Crippen molar-refractivity contribution in [2.75, 3.05) is 0 Å². The van der Waals surface area contributed by atoms with Crippen molar-refractivity contribution in [3.8, 4) is 22.6 Å². The molecule has 2 atom stereocenters. The molecule has 25 heavy (non-hydrogen) atoms. The minimum atomic E-state index is -0.263. The van der Waals surface area contributed by atoms with E-state index in [2.05, 4.69) is 4.98 Å². The van der Waals surface area contributed by atoms with Gasteiger partial charge in [0.15, 0.2) is 5.76 Å². The van der Waals surface area contributed by atoms with Crippen molar-refractivity contribution < 1.29 is 13.9 Å². The van der Waals surface area contributed by atoms with E-state index < -0.39 is 0 Å². The first-order valence-corrected chi connectivity index (χ1v) is 9.07. The molecule has 1 fully saturated rings. The van der Waals surface area contributed by atoms with Gasteiger partial charge in [-0.1, -0.05) is 72.4 Å². The number of carbonyl (C=O) groups excluding carboxylic acids is 1. The van der Waals surface area contributed by atoms with Crippen molar-refractivity contribution in [2.24, 2.45) is 0 Å². The van der Waals surface area contributed by atoms with Crippen molar-refractivity contribution in [1.29, 1.82) is 0 Å². The quantitative estimate of drug-likeness (QED) is 0.632. The maximum Gasteiger partial charge on any atom is 0.320 e. The maximum atomic E-state index is 11.9. The van der Waals surface area contributed by atoms with Gasteiger partial charge < -0.3 is 9.15 Å². The zero-order chi connectivity index (χ0) is 17.2. The van der Waals surface area contributed by atoms with Crippen molar-refractivity contribution in [2.45, 2.75) is 29.9 Å². The molecule has 4 rings (SSSR count).